The van der Waals surface area contributed by atoms with Crippen molar-refractivity contribution in [3.8, 4) is 0 Å². The third-order valence-electron chi connectivity index (χ3n) is 4.34. The van der Waals surface area contributed by atoms with Crippen molar-refractivity contribution in [2.24, 2.45) is 0 Å². The molecule has 2 heterocycles. The predicted molar refractivity (Wildman–Crippen MR) is 85.1 cm³/mol. The highest BCUT2D eigenvalue weighted by atomic mass is 19.1. The third kappa shape index (κ3) is 2.50. The number of hydrogen-bond acceptors (Lipinski definition) is 2. The molecule has 2 aromatic carbocycles. The fourth-order valence-electron chi connectivity index (χ4n) is 3.19. The topological polar surface area (TPSA) is 21.1 Å². The second-order valence-corrected chi connectivity index (χ2v) is 5.82. The number of benzene rings is 2. The fourth-order valence-corrected chi connectivity index (χ4v) is 3.19. The first-order valence-corrected chi connectivity index (χ1v) is 7.70. The summed E-state index contributed by atoms with van der Waals surface area (Å²) < 4.78 is 15.5. The van der Waals surface area contributed by atoms with Gasteiger partial charge in [0.25, 0.3) is 0 Å². The van der Waals surface area contributed by atoms with Gasteiger partial charge in [-0.1, -0.05) is 24.3 Å². The van der Waals surface area contributed by atoms with E-state index in [1.54, 1.807) is 12.1 Å². The van der Waals surface area contributed by atoms with Crippen LogP contribution in [0.25, 0.3) is 11.0 Å². The van der Waals surface area contributed by atoms with Crippen LogP contribution < -0.4 is 0 Å². The highest BCUT2D eigenvalue weighted by Gasteiger charge is 2.19. The number of hydrogen-bond donors (Lipinski definition) is 0. The van der Waals surface area contributed by atoms with E-state index in [1.165, 1.54) is 11.6 Å². The molecule has 0 saturated heterocycles. The molecule has 0 radical (unpaired) electrons. The normalized spacial score (nSPS) is 15.1. The van der Waals surface area contributed by atoms with Crippen molar-refractivity contribution in [3.05, 3.63) is 65.7 Å². The summed E-state index contributed by atoms with van der Waals surface area (Å²) in [5, 5.41) is 0. The first-order chi connectivity index (χ1) is 10.8. The van der Waals surface area contributed by atoms with Crippen molar-refractivity contribution >= 4 is 11.0 Å². The molecule has 0 saturated carbocycles. The fraction of sp³-hybridized carbons (Fsp3) is 0.278. The van der Waals surface area contributed by atoms with Crippen molar-refractivity contribution in [1.29, 1.82) is 0 Å². The van der Waals surface area contributed by atoms with Gasteiger partial charge in [0.05, 0.1) is 17.6 Å². The molecule has 1 aliphatic rings. The number of imidazole rings is 1. The summed E-state index contributed by atoms with van der Waals surface area (Å²) in [6.07, 6.45) is 0.873. The first kappa shape index (κ1) is 13.5. The van der Waals surface area contributed by atoms with Gasteiger partial charge in [0.1, 0.15) is 11.6 Å². The molecular formula is C18H18FN3. The van der Waals surface area contributed by atoms with Crippen LogP contribution in [0, 0.1) is 5.82 Å². The molecule has 0 spiro atoms. The van der Waals surface area contributed by atoms with Gasteiger partial charge >= 0.3 is 0 Å². The van der Waals surface area contributed by atoms with Crippen LogP contribution in [0.1, 0.15) is 11.4 Å². The minimum absolute atomic E-state index is 0.155. The Morgan fingerprint density at radius 2 is 1.95 bits per heavy atom. The van der Waals surface area contributed by atoms with Gasteiger partial charge in [-0.2, -0.15) is 0 Å². The Kier molecular flexibility index (Phi) is 3.39. The largest absolute Gasteiger partial charge is 0.326 e. The summed E-state index contributed by atoms with van der Waals surface area (Å²) in [6.45, 7) is 3.79. The van der Waals surface area contributed by atoms with Crippen LogP contribution in [0.15, 0.2) is 48.5 Å². The summed E-state index contributed by atoms with van der Waals surface area (Å²) >= 11 is 0. The van der Waals surface area contributed by atoms with Crippen molar-refractivity contribution in [2.75, 3.05) is 13.1 Å². The van der Waals surface area contributed by atoms with Crippen molar-refractivity contribution in [1.82, 2.24) is 14.5 Å². The number of fused-ring (bicyclic) bond motifs is 3. The molecule has 4 heteroatoms. The lowest BCUT2D eigenvalue weighted by molar-refractivity contribution is 0.221. The number of halogens is 1. The van der Waals surface area contributed by atoms with Gasteiger partial charge in [-0.3, -0.25) is 4.90 Å². The van der Waals surface area contributed by atoms with E-state index in [1.807, 2.05) is 12.1 Å². The van der Waals surface area contributed by atoms with Gasteiger partial charge in [-0.25, -0.2) is 9.37 Å². The molecule has 3 nitrogen and oxygen atoms in total. The molecule has 0 fully saturated rings. The molecule has 22 heavy (non-hydrogen) atoms. The van der Waals surface area contributed by atoms with Crippen LogP contribution in [-0.4, -0.2) is 27.5 Å². The first-order valence-electron chi connectivity index (χ1n) is 7.70. The molecular weight excluding hydrogens is 277 g/mol. The van der Waals surface area contributed by atoms with Gasteiger partial charge in [-0.15, -0.1) is 0 Å². The maximum Gasteiger partial charge on any atom is 0.124 e. The van der Waals surface area contributed by atoms with E-state index in [0.29, 0.717) is 0 Å². The SMILES string of the molecule is Fc1cccc(CCN2CCn3c(nc4ccccc43)C2)c1. The van der Waals surface area contributed by atoms with Crippen molar-refractivity contribution < 1.29 is 4.39 Å². The Hall–Kier alpha value is -2.20. The molecule has 1 aromatic heterocycles. The smallest absolute Gasteiger partial charge is 0.124 e. The lowest BCUT2D eigenvalue weighted by Crippen LogP contribution is -2.35. The Bertz CT molecular complexity index is 809. The molecule has 0 amide bonds. The maximum absolute atomic E-state index is 13.2. The monoisotopic (exact) mass is 295 g/mol. The van der Waals surface area contributed by atoms with E-state index in [0.717, 1.165) is 49.5 Å². The standard InChI is InChI=1S/C18H18FN3/c19-15-5-3-4-14(12-15)8-9-21-10-11-22-17-7-2-1-6-16(17)20-18(22)13-21/h1-7,12H,8-11,13H2. The molecule has 0 N–H and O–H groups in total. The molecule has 0 atom stereocenters. The third-order valence-corrected chi connectivity index (χ3v) is 4.34. The summed E-state index contributed by atoms with van der Waals surface area (Å²) in [6, 6.07) is 15.2. The molecule has 4 rings (SSSR count). The summed E-state index contributed by atoms with van der Waals surface area (Å²) in [7, 11) is 0. The van der Waals surface area contributed by atoms with Crippen LogP contribution >= 0.6 is 0 Å². The van der Waals surface area contributed by atoms with E-state index >= 15 is 0 Å². The molecule has 1 aliphatic heterocycles. The Labute approximate surface area is 129 Å². The molecule has 0 aliphatic carbocycles. The van der Waals surface area contributed by atoms with E-state index in [4.69, 9.17) is 4.98 Å². The minimum atomic E-state index is -0.155. The van der Waals surface area contributed by atoms with Crippen LogP contribution in [0.5, 0.6) is 0 Å². The van der Waals surface area contributed by atoms with E-state index in [-0.39, 0.29) is 5.82 Å². The van der Waals surface area contributed by atoms with Crippen LogP contribution in [0.3, 0.4) is 0 Å². The lowest BCUT2D eigenvalue weighted by Gasteiger charge is -2.27. The van der Waals surface area contributed by atoms with E-state index in [9.17, 15) is 4.39 Å². The van der Waals surface area contributed by atoms with Crippen LogP contribution in [0.2, 0.25) is 0 Å². The molecule has 112 valence electrons. The van der Waals surface area contributed by atoms with Gasteiger partial charge < -0.3 is 4.57 Å². The predicted octanol–water partition coefficient (Wildman–Crippen LogP) is 3.23. The van der Waals surface area contributed by atoms with E-state index < -0.39 is 0 Å². The Morgan fingerprint density at radius 3 is 2.86 bits per heavy atom. The summed E-state index contributed by atoms with van der Waals surface area (Å²) in [5.41, 5.74) is 3.35. The van der Waals surface area contributed by atoms with Crippen LogP contribution in [0.4, 0.5) is 4.39 Å². The minimum Gasteiger partial charge on any atom is -0.326 e. The number of nitrogens with zero attached hydrogens (tertiary/aromatic N) is 3. The second kappa shape index (κ2) is 5.54. The summed E-state index contributed by atoms with van der Waals surface area (Å²) in [4.78, 5) is 7.13. The Morgan fingerprint density at radius 1 is 1.05 bits per heavy atom. The number of aromatic nitrogens is 2. The maximum atomic E-state index is 13.2. The van der Waals surface area contributed by atoms with Gasteiger partial charge in [-0.05, 0) is 36.2 Å². The van der Waals surface area contributed by atoms with Gasteiger partial charge in [0.2, 0.25) is 0 Å². The van der Waals surface area contributed by atoms with Crippen molar-refractivity contribution in [2.45, 2.75) is 19.5 Å². The Balaban J connectivity index is 1.48. The number of rotatable bonds is 3. The van der Waals surface area contributed by atoms with Gasteiger partial charge in [0.15, 0.2) is 0 Å². The molecule has 3 aromatic rings. The zero-order chi connectivity index (χ0) is 14.9. The average molecular weight is 295 g/mol. The zero-order valence-corrected chi connectivity index (χ0v) is 12.4. The van der Waals surface area contributed by atoms with Crippen molar-refractivity contribution in [3.63, 3.8) is 0 Å². The molecule has 0 bridgehead atoms. The highest BCUT2D eigenvalue weighted by Crippen LogP contribution is 2.20. The molecule has 0 unspecified atom stereocenters. The highest BCUT2D eigenvalue weighted by molar-refractivity contribution is 5.75. The van der Waals surface area contributed by atoms with Crippen LogP contribution in [-0.2, 0) is 19.5 Å². The summed E-state index contributed by atoms with van der Waals surface area (Å²) in [5.74, 6) is 0.977. The second-order valence-electron chi connectivity index (χ2n) is 5.82. The lowest BCUT2D eigenvalue weighted by atomic mass is 10.1. The quantitative estimate of drug-likeness (QED) is 0.739. The average Bonchev–Trinajstić information content (AvgIpc) is 2.91. The number of para-hydroxylation sites is 2. The van der Waals surface area contributed by atoms with E-state index in [2.05, 4.69) is 27.7 Å². The zero-order valence-electron chi connectivity index (χ0n) is 12.4. The van der Waals surface area contributed by atoms with Gasteiger partial charge in [0, 0.05) is 19.6 Å².